The summed E-state index contributed by atoms with van der Waals surface area (Å²) < 4.78 is 5.16. The predicted octanol–water partition coefficient (Wildman–Crippen LogP) is 4.19. The monoisotopic (exact) mass is 391 g/mol. The Morgan fingerprint density at radius 2 is 1.88 bits per heavy atom. The van der Waals surface area contributed by atoms with Gasteiger partial charge in [-0.1, -0.05) is 30.2 Å². The molecule has 1 aliphatic carbocycles. The molecule has 0 atom stereocenters. The van der Waals surface area contributed by atoms with Gasteiger partial charge in [-0.15, -0.1) is 11.3 Å². The summed E-state index contributed by atoms with van der Waals surface area (Å²) in [5, 5.41) is 3.45. The zero-order chi connectivity index (χ0) is 18.4. The lowest BCUT2D eigenvalue weighted by Crippen LogP contribution is -2.30. The van der Waals surface area contributed by atoms with Crippen LogP contribution in [0.5, 0.6) is 0 Å². The van der Waals surface area contributed by atoms with Gasteiger partial charge < -0.3 is 10.1 Å². The van der Waals surface area contributed by atoms with E-state index in [4.69, 9.17) is 16.3 Å². The Balaban J connectivity index is 1.41. The third kappa shape index (κ3) is 5.32. The fraction of sp³-hybridized carbons (Fsp3) is 0.400. The van der Waals surface area contributed by atoms with Gasteiger partial charge in [0.25, 0.3) is 5.91 Å². The lowest BCUT2D eigenvalue weighted by molar-refractivity contribution is -0.124. The average Bonchev–Trinajstić information content (AvgIpc) is 2.92. The fourth-order valence-electron chi connectivity index (χ4n) is 3.02. The second-order valence-corrected chi connectivity index (χ2v) is 8.00. The zero-order valence-electron chi connectivity index (χ0n) is 14.6. The molecule has 0 radical (unpaired) electrons. The lowest BCUT2D eigenvalue weighted by Gasteiger charge is -2.06. The number of fused-ring (bicyclic) bond motifs is 1. The van der Waals surface area contributed by atoms with Gasteiger partial charge in [-0.2, -0.15) is 0 Å². The molecule has 1 amide bonds. The lowest BCUT2D eigenvalue weighted by atomic mass is 10.1. The van der Waals surface area contributed by atoms with Gasteiger partial charge in [0.1, 0.15) is 4.88 Å². The van der Waals surface area contributed by atoms with Crippen LogP contribution in [0, 0.1) is 0 Å². The first-order chi connectivity index (χ1) is 12.6. The molecule has 0 unspecified atom stereocenters. The Hall–Kier alpha value is -1.85. The van der Waals surface area contributed by atoms with Crippen LogP contribution in [0.4, 0.5) is 0 Å². The van der Waals surface area contributed by atoms with Gasteiger partial charge >= 0.3 is 5.97 Å². The van der Waals surface area contributed by atoms with Crippen molar-refractivity contribution < 1.29 is 14.3 Å². The van der Waals surface area contributed by atoms with Crippen molar-refractivity contribution in [3.63, 3.8) is 0 Å². The Bertz CT molecular complexity index is 746. The Kier molecular flexibility index (Phi) is 6.69. The summed E-state index contributed by atoms with van der Waals surface area (Å²) in [4.78, 5) is 25.9. The molecule has 6 heteroatoms. The second kappa shape index (κ2) is 9.19. The van der Waals surface area contributed by atoms with Crippen molar-refractivity contribution in [2.45, 2.75) is 38.5 Å². The molecule has 3 rings (SSSR count). The number of hydrogen-bond acceptors (Lipinski definition) is 4. The van der Waals surface area contributed by atoms with Crippen molar-refractivity contribution in [3.8, 4) is 0 Å². The molecule has 0 bridgehead atoms. The molecule has 1 aliphatic rings. The third-order valence-corrected chi connectivity index (χ3v) is 5.90. The minimum absolute atomic E-state index is 0.248. The minimum atomic E-state index is -0.407. The highest BCUT2D eigenvalue weighted by molar-refractivity contribution is 7.14. The van der Waals surface area contributed by atoms with Crippen LogP contribution in [0.15, 0.2) is 30.3 Å². The number of thiophene rings is 1. The van der Waals surface area contributed by atoms with Crippen molar-refractivity contribution >= 4 is 34.8 Å². The van der Waals surface area contributed by atoms with Crippen LogP contribution in [-0.4, -0.2) is 25.0 Å². The van der Waals surface area contributed by atoms with E-state index in [2.05, 4.69) is 5.32 Å². The molecule has 0 aliphatic heterocycles. The number of esters is 1. The van der Waals surface area contributed by atoms with Gasteiger partial charge in [-0.3, -0.25) is 4.79 Å². The molecular weight excluding hydrogens is 370 g/mol. The van der Waals surface area contributed by atoms with Gasteiger partial charge in [0.2, 0.25) is 0 Å². The molecule has 1 aromatic heterocycles. The van der Waals surface area contributed by atoms with E-state index >= 15 is 0 Å². The molecule has 1 aromatic carbocycles. The highest BCUT2D eigenvalue weighted by Gasteiger charge is 2.18. The van der Waals surface area contributed by atoms with Crippen LogP contribution in [0.1, 0.15) is 44.9 Å². The number of hydrogen-bond donors (Lipinski definition) is 1. The molecule has 2 aromatic rings. The van der Waals surface area contributed by atoms with E-state index in [1.54, 1.807) is 0 Å². The summed E-state index contributed by atoms with van der Waals surface area (Å²) in [6.45, 7) is 0.243. The smallest absolute Gasteiger partial charge is 0.348 e. The summed E-state index contributed by atoms with van der Waals surface area (Å²) in [6.07, 6.45) is 6.38. The second-order valence-electron chi connectivity index (χ2n) is 6.42. The molecule has 1 heterocycles. The zero-order valence-corrected chi connectivity index (χ0v) is 16.1. The fourth-order valence-corrected chi connectivity index (χ4v) is 4.29. The maximum atomic E-state index is 12.2. The van der Waals surface area contributed by atoms with E-state index in [1.807, 2.05) is 30.3 Å². The largest absolute Gasteiger partial charge is 0.451 e. The van der Waals surface area contributed by atoms with Gasteiger partial charge in [0, 0.05) is 16.4 Å². The SMILES string of the molecule is O=C(COC(=O)c1cc2c(s1)CCCCC2)NCCc1ccc(Cl)cc1. The van der Waals surface area contributed by atoms with Crippen LogP contribution in [-0.2, 0) is 28.8 Å². The Labute approximate surface area is 162 Å². The van der Waals surface area contributed by atoms with Crippen molar-refractivity contribution in [1.29, 1.82) is 0 Å². The van der Waals surface area contributed by atoms with E-state index in [9.17, 15) is 9.59 Å². The number of aryl methyl sites for hydroxylation is 2. The molecule has 0 spiro atoms. The summed E-state index contributed by atoms with van der Waals surface area (Å²) in [6, 6.07) is 9.43. The van der Waals surface area contributed by atoms with Crippen LogP contribution in [0.2, 0.25) is 5.02 Å². The predicted molar refractivity (Wildman–Crippen MR) is 104 cm³/mol. The maximum Gasteiger partial charge on any atom is 0.348 e. The number of carbonyl (C=O) groups excluding carboxylic acids is 2. The molecule has 0 saturated carbocycles. The van der Waals surface area contributed by atoms with Gasteiger partial charge in [0.05, 0.1) is 0 Å². The number of ether oxygens (including phenoxy) is 1. The molecule has 0 fully saturated rings. The minimum Gasteiger partial charge on any atom is -0.451 e. The summed E-state index contributed by atoms with van der Waals surface area (Å²) in [5.41, 5.74) is 2.36. The number of amides is 1. The summed E-state index contributed by atoms with van der Waals surface area (Å²) >= 11 is 7.35. The molecule has 1 N–H and O–H groups in total. The summed E-state index contributed by atoms with van der Waals surface area (Å²) in [5.74, 6) is -0.693. The number of rotatable bonds is 6. The standard InChI is InChI=1S/C20H22ClNO3S/c21-16-8-6-14(7-9-16)10-11-22-19(23)13-25-20(24)18-12-15-4-2-1-3-5-17(15)26-18/h6-9,12H,1-5,10-11,13H2,(H,22,23). The van der Waals surface area contributed by atoms with Gasteiger partial charge in [0.15, 0.2) is 6.61 Å². The van der Waals surface area contributed by atoms with Crippen LogP contribution in [0.3, 0.4) is 0 Å². The third-order valence-electron chi connectivity index (χ3n) is 4.43. The maximum absolute atomic E-state index is 12.2. The van der Waals surface area contributed by atoms with Crippen molar-refractivity contribution in [2.75, 3.05) is 13.2 Å². The van der Waals surface area contributed by atoms with Crippen molar-refractivity contribution in [1.82, 2.24) is 5.32 Å². The topological polar surface area (TPSA) is 55.4 Å². The number of halogens is 1. The van der Waals surface area contributed by atoms with Crippen LogP contribution >= 0.6 is 22.9 Å². The van der Waals surface area contributed by atoms with Crippen molar-refractivity contribution in [3.05, 3.63) is 56.2 Å². The molecule has 4 nitrogen and oxygen atoms in total. The van der Waals surface area contributed by atoms with E-state index in [-0.39, 0.29) is 12.5 Å². The Morgan fingerprint density at radius 3 is 2.69 bits per heavy atom. The highest BCUT2D eigenvalue weighted by atomic mass is 35.5. The number of nitrogens with one attached hydrogen (secondary N) is 1. The number of benzene rings is 1. The van der Waals surface area contributed by atoms with Crippen LogP contribution < -0.4 is 5.32 Å². The van der Waals surface area contributed by atoms with Crippen LogP contribution in [0.25, 0.3) is 0 Å². The molecule has 26 heavy (non-hydrogen) atoms. The molecule has 138 valence electrons. The normalized spacial score (nSPS) is 13.6. The van der Waals surface area contributed by atoms with E-state index in [0.29, 0.717) is 22.9 Å². The Morgan fingerprint density at radius 1 is 1.12 bits per heavy atom. The molecule has 0 saturated heterocycles. The first kappa shape index (κ1) is 18.9. The number of carbonyl (C=O) groups is 2. The first-order valence-corrected chi connectivity index (χ1v) is 10.1. The van der Waals surface area contributed by atoms with Gasteiger partial charge in [-0.05, 0) is 61.4 Å². The first-order valence-electron chi connectivity index (χ1n) is 8.91. The molecular formula is C20H22ClNO3S. The highest BCUT2D eigenvalue weighted by Crippen LogP contribution is 2.29. The summed E-state index contributed by atoms with van der Waals surface area (Å²) in [7, 11) is 0. The van der Waals surface area contributed by atoms with Gasteiger partial charge in [-0.25, -0.2) is 4.79 Å². The van der Waals surface area contributed by atoms with E-state index in [1.165, 1.54) is 41.0 Å². The quantitative estimate of drug-likeness (QED) is 0.593. The average molecular weight is 392 g/mol. The van der Waals surface area contributed by atoms with Crippen molar-refractivity contribution in [2.24, 2.45) is 0 Å². The van der Waals surface area contributed by atoms with E-state index in [0.717, 1.165) is 18.4 Å². The van der Waals surface area contributed by atoms with E-state index < -0.39 is 5.97 Å².